The summed E-state index contributed by atoms with van der Waals surface area (Å²) in [6.45, 7) is 6.67. The molecule has 40 heavy (non-hydrogen) atoms. The molecule has 0 radical (unpaired) electrons. The number of hydrogen-bond donors (Lipinski definition) is 1. The van der Waals surface area contributed by atoms with E-state index in [2.05, 4.69) is 49.8 Å². The maximum atomic E-state index is 15.1. The lowest BCUT2D eigenvalue weighted by molar-refractivity contribution is 0.538. The monoisotopic (exact) mass is 564 g/mol. The third kappa shape index (κ3) is 5.52. The Kier molecular flexibility index (Phi) is 8.77. The molecule has 2 N–H and O–H groups in total. The Morgan fingerprint density at radius 1 is 1.12 bits per heavy atom. The van der Waals surface area contributed by atoms with Crippen molar-refractivity contribution in [3.8, 4) is 22.9 Å². The first-order chi connectivity index (χ1) is 18.9. The minimum Gasteiger partial charge on any atom is -0.349 e. The van der Waals surface area contributed by atoms with Crippen molar-refractivity contribution in [2.45, 2.75) is 32.9 Å². The van der Waals surface area contributed by atoms with Gasteiger partial charge in [0.25, 0.3) is 0 Å². The summed E-state index contributed by atoms with van der Waals surface area (Å²) >= 11 is 0. The first-order valence-corrected chi connectivity index (χ1v) is 12.8. The highest BCUT2D eigenvalue weighted by Gasteiger charge is 2.28. The lowest BCUT2D eigenvalue weighted by Gasteiger charge is -2.40. The summed E-state index contributed by atoms with van der Waals surface area (Å²) in [6.07, 6.45) is 7.52. The van der Waals surface area contributed by atoms with E-state index < -0.39 is 11.5 Å². The number of pyridine rings is 1. The minimum atomic E-state index is -0.594. The first-order valence-electron chi connectivity index (χ1n) is 12.8. The molecular weight excluding hydrogens is 535 g/mol. The van der Waals surface area contributed by atoms with Crippen LogP contribution in [0.15, 0.2) is 54.0 Å². The lowest BCUT2D eigenvalue weighted by atomic mass is 10.0. The molecule has 13 heteroatoms. The summed E-state index contributed by atoms with van der Waals surface area (Å²) in [5, 5.41) is 13.9. The number of nitriles is 1. The minimum absolute atomic E-state index is 0. The molecule has 5 rings (SSSR count). The zero-order chi connectivity index (χ0) is 27.5. The summed E-state index contributed by atoms with van der Waals surface area (Å²) < 4.78 is 17.4. The van der Waals surface area contributed by atoms with Crippen LogP contribution in [0.5, 0.6) is 0 Å². The molecule has 4 aromatic rings. The molecule has 1 aromatic carbocycles. The third-order valence-electron chi connectivity index (χ3n) is 6.88. The van der Waals surface area contributed by atoms with Gasteiger partial charge >= 0.3 is 5.69 Å². The second-order valence-corrected chi connectivity index (χ2v) is 9.40. The fraction of sp³-hybridized carbons (Fsp3) is 0.333. The predicted octanol–water partition coefficient (Wildman–Crippen LogP) is 2.55. The molecule has 1 saturated heterocycles. The van der Waals surface area contributed by atoms with Gasteiger partial charge in [0.1, 0.15) is 24.0 Å². The standard InChI is InChI=1S/C27H29FN10O.ClH/c1-3-19-13-32-26(33-14-19)35-8-9-36(18(2)16-35)25-21(12-30)10-22(15-31-25)20-4-5-24(23(28)11-20)37-17-34-38(7-6-29)27(37)39;/h4-5,10-11,13-15,17-18H,3,6-9,16,29H2,1-2H3;1H. The number of benzene rings is 1. The molecule has 11 nitrogen and oxygen atoms in total. The van der Waals surface area contributed by atoms with Gasteiger partial charge in [-0.2, -0.15) is 10.4 Å². The van der Waals surface area contributed by atoms with Gasteiger partial charge < -0.3 is 15.5 Å². The van der Waals surface area contributed by atoms with Crippen LogP contribution in [0.1, 0.15) is 25.0 Å². The molecule has 0 saturated carbocycles. The summed E-state index contributed by atoms with van der Waals surface area (Å²) in [4.78, 5) is 30.3. The Morgan fingerprint density at radius 2 is 1.90 bits per heavy atom. The van der Waals surface area contributed by atoms with E-state index in [0.29, 0.717) is 48.1 Å². The van der Waals surface area contributed by atoms with Crippen molar-refractivity contribution in [3.05, 3.63) is 76.6 Å². The van der Waals surface area contributed by atoms with E-state index in [0.717, 1.165) is 16.6 Å². The van der Waals surface area contributed by atoms with Gasteiger partial charge in [0, 0.05) is 56.4 Å². The average Bonchev–Trinajstić information content (AvgIpc) is 3.32. The zero-order valence-electron chi connectivity index (χ0n) is 22.2. The van der Waals surface area contributed by atoms with Crippen LogP contribution < -0.4 is 21.2 Å². The smallest absolute Gasteiger partial charge is 0.349 e. The molecule has 1 aliphatic heterocycles. The van der Waals surface area contributed by atoms with Gasteiger partial charge in [-0.1, -0.05) is 13.0 Å². The maximum absolute atomic E-state index is 15.1. The first kappa shape index (κ1) is 28.7. The summed E-state index contributed by atoms with van der Waals surface area (Å²) in [5.74, 6) is 0.692. The SMILES string of the molecule is CCc1cnc(N2CCN(c3ncc(-c4ccc(-n5cnn(CCN)c5=O)c(F)c4)cc3C#N)C(C)C2)nc1.Cl. The van der Waals surface area contributed by atoms with Crippen molar-refractivity contribution in [1.29, 1.82) is 5.26 Å². The molecule has 1 fully saturated rings. The second-order valence-electron chi connectivity index (χ2n) is 9.40. The van der Waals surface area contributed by atoms with E-state index in [-0.39, 0.29) is 37.2 Å². The molecule has 1 unspecified atom stereocenters. The maximum Gasteiger partial charge on any atom is 0.350 e. The van der Waals surface area contributed by atoms with Crippen LogP contribution in [0.2, 0.25) is 0 Å². The van der Waals surface area contributed by atoms with Gasteiger partial charge in [0.15, 0.2) is 0 Å². The molecule has 4 heterocycles. The van der Waals surface area contributed by atoms with Crippen molar-refractivity contribution in [2.75, 3.05) is 36.0 Å². The Labute approximate surface area is 237 Å². The van der Waals surface area contributed by atoms with Crippen molar-refractivity contribution in [2.24, 2.45) is 5.73 Å². The van der Waals surface area contributed by atoms with Crippen molar-refractivity contribution < 1.29 is 4.39 Å². The number of aromatic nitrogens is 6. The lowest BCUT2D eigenvalue weighted by Crippen LogP contribution is -2.53. The number of nitrogens with two attached hydrogens (primary N) is 1. The van der Waals surface area contributed by atoms with Crippen LogP contribution in [0.4, 0.5) is 16.2 Å². The van der Waals surface area contributed by atoms with E-state index in [1.54, 1.807) is 18.3 Å². The van der Waals surface area contributed by atoms with E-state index >= 15 is 4.39 Å². The van der Waals surface area contributed by atoms with Gasteiger partial charge in [-0.25, -0.2) is 33.4 Å². The molecule has 0 aliphatic carbocycles. The topological polar surface area (TPSA) is 135 Å². The quantitative estimate of drug-likeness (QED) is 0.359. The van der Waals surface area contributed by atoms with E-state index in [4.69, 9.17) is 5.73 Å². The average molecular weight is 565 g/mol. The van der Waals surface area contributed by atoms with Crippen molar-refractivity contribution in [3.63, 3.8) is 0 Å². The van der Waals surface area contributed by atoms with Gasteiger partial charge in [-0.15, -0.1) is 12.4 Å². The van der Waals surface area contributed by atoms with Gasteiger partial charge in [0.05, 0.1) is 17.8 Å². The van der Waals surface area contributed by atoms with Crippen LogP contribution in [0, 0.1) is 17.1 Å². The number of anilines is 2. The number of piperazine rings is 1. The highest BCUT2D eigenvalue weighted by atomic mass is 35.5. The predicted molar refractivity (Wildman–Crippen MR) is 152 cm³/mol. The third-order valence-corrected chi connectivity index (χ3v) is 6.88. The summed E-state index contributed by atoms with van der Waals surface area (Å²) in [5.41, 5.74) is 7.75. The Balaban J connectivity index is 0.00000370. The van der Waals surface area contributed by atoms with Crippen LogP contribution in [-0.4, -0.2) is 61.5 Å². The van der Waals surface area contributed by atoms with Crippen LogP contribution in [0.25, 0.3) is 16.8 Å². The molecule has 208 valence electrons. The second kappa shape index (κ2) is 12.2. The summed E-state index contributed by atoms with van der Waals surface area (Å²) in [6, 6.07) is 8.55. The number of halogens is 2. The van der Waals surface area contributed by atoms with Crippen LogP contribution >= 0.6 is 12.4 Å². The zero-order valence-corrected chi connectivity index (χ0v) is 23.1. The Bertz CT molecular complexity index is 1580. The molecule has 1 atom stereocenters. The van der Waals surface area contributed by atoms with Gasteiger partial charge in [0.2, 0.25) is 5.95 Å². The van der Waals surface area contributed by atoms with E-state index in [1.165, 1.54) is 23.1 Å². The number of aryl methyl sites for hydroxylation is 1. The number of rotatable bonds is 7. The van der Waals surface area contributed by atoms with E-state index in [9.17, 15) is 10.1 Å². The Hall–Kier alpha value is -4.34. The molecule has 3 aromatic heterocycles. The van der Waals surface area contributed by atoms with E-state index in [1.807, 2.05) is 12.4 Å². The largest absolute Gasteiger partial charge is 0.350 e. The Morgan fingerprint density at radius 3 is 2.55 bits per heavy atom. The number of hydrogen-bond acceptors (Lipinski definition) is 9. The molecule has 1 aliphatic rings. The fourth-order valence-corrected chi connectivity index (χ4v) is 4.73. The van der Waals surface area contributed by atoms with Crippen LogP contribution in [0.3, 0.4) is 0 Å². The molecule has 0 amide bonds. The van der Waals surface area contributed by atoms with Gasteiger partial charge in [-0.05, 0) is 42.7 Å². The van der Waals surface area contributed by atoms with Crippen LogP contribution in [-0.2, 0) is 13.0 Å². The van der Waals surface area contributed by atoms with Gasteiger partial charge in [-0.3, -0.25) is 0 Å². The summed E-state index contributed by atoms with van der Waals surface area (Å²) in [7, 11) is 0. The normalized spacial score (nSPS) is 15.0. The molecule has 0 spiro atoms. The highest BCUT2D eigenvalue weighted by Crippen LogP contribution is 2.29. The molecular formula is C27H30ClFN10O. The molecule has 0 bridgehead atoms. The number of nitrogens with zero attached hydrogens (tertiary/aromatic N) is 9. The van der Waals surface area contributed by atoms with Crippen molar-refractivity contribution >= 4 is 24.2 Å². The highest BCUT2D eigenvalue weighted by molar-refractivity contribution is 5.85. The van der Waals surface area contributed by atoms with Crippen molar-refractivity contribution in [1.82, 2.24) is 29.3 Å². The fourth-order valence-electron chi connectivity index (χ4n) is 4.73.